The lowest BCUT2D eigenvalue weighted by molar-refractivity contribution is -0.145. The Labute approximate surface area is 101 Å². The second kappa shape index (κ2) is 5.64. The molecule has 2 rings (SSSR count). The summed E-state index contributed by atoms with van der Waals surface area (Å²) in [5.41, 5.74) is 1.10. The molecular weight excluding hydrogens is 216 g/mol. The van der Waals surface area contributed by atoms with Gasteiger partial charge in [-0.15, -0.1) is 6.58 Å². The van der Waals surface area contributed by atoms with Crippen LogP contribution in [0.25, 0.3) is 0 Å². The highest BCUT2D eigenvalue weighted by Gasteiger charge is 2.29. The van der Waals surface area contributed by atoms with Gasteiger partial charge in [-0.3, -0.25) is 4.79 Å². The molecule has 2 atom stereocenters. The first-order valence-corrected chi connectivity index (χ1v) is 5.77. The average Bonchev–Trinajstić information content (AvgIpc) is 2.78. The number of hydrogen-bond donors (Lipinski definition) is 0. The van der Waals surface area contributed by atoms with Gasteiger partial charge >= 0.3 is 5.97 Å². The molecule has 0 N–H and O–H groups in total. The minimum atomic E-state index is -0.221. The largest absolute Gasteiger partial charge is 0.459 e. The van der Waals surface area contributed by atoms with Crippen molar-refractivity contribution in [3.8, 4) is 0 Å². The predicted octanol–water partition coefficient (Wildman–Crippen LogP) is 2.46. The fraction of sp³-hybridized carbons (Fsp3) is 0.357. The summed E-state index contributed by atoms with van der Waals surface area (Å²) in [6, 6.07) is 9.91. The first kappa shape index (κ1) is 11.9. The lowest BCUT2D eigenvalue weighted by Gasteiger charge is -2.19. The fourth-order valence-electron chi connectivity index (χ4n) is 1.87. The zero-order valence-electron chi connectivity index (χ0n) is 9.67. The van der Waals surface area contributed by atoms with Crippen molar-refractivity contribution in [3.05, 3.63) is 48.6 Å². The Kier molecular flexibility index (Phi) is 3.94. The Balaban J connectivity index is 1.88. The number of cyclic esters (lactones) is 1. The van der Waals surface area contributed by atoms with Crippen molar-refractivity contribution in [2.45, 2.75) is 31.7 Å². The van der Waals surface area contributed by atoms with E-state index in [0.29, 0.717) is 19.4 Å². The summed E-state index contributed by atoms with van der Waals surface area (Å²) in [6.45, 7) is 4.23. The normalized spacial score (nSPS) is 20.9. The van der Waals surface area contributed by atoms with Crippen LogP contribution in [0.15, 0.2) is 43.0 Å². The smallest absolute Gasteiger partial charge is 0.306 e. The van der Waals surface area contributed by atoms with E-state index in [2.05, 4.69) is 6.58 Å². The topological polar surface area (TPSA) is 35.5 Å². The van der Waals surface area contributed by atoms with Gasteiger partial charge in [-0.05, 0) is 12.0 Å². The number of hydrogen-bond acceptors (Lipinski definition) is 3. The molecule has 1 heterocycles. The van der Waals surface area contributed by atoms with Gasteiger partial charge in [0, 0.05) is 6.42 Å². The van der Waals surface area contributed by atoms with Crippen LogP contribution in [0.4, 0.5) is 0 Å². The summed E-state index contributed by atoms with van der Waals surface area (Å²) < 4.78 is 10.9. The van der Waals surface area contributed by atoms with Gasteiger partial charge in [-0.2, -0.15) is 0 Å². The molecule has 0 spiro atoms. The number of rotatable bonds is 5. The van der Waals surface area contributed by atoms with Crippen LogP contribution >= 0.6 is 0 Å². The van der Waals surface area contributed by atoms with Crippen molar-refractivity contribution >= 4 is 5.97 Å². The van der Waals surface area contributed by atoms with Gasteiger partial charge in [0.15, 0.2) is 0 Å². The molecule has 0 aromatic heterocycles. The Bertz CT molecular complexity index is 386. The molecule has 0 bridgehead atoms. The molecule has 0 aliphatic carbocycles. The zero-order chi connectivity index (χ0) is 12.1. The molecule has 1 fully saturated rings. The predicted molar refractivity (Wildman–Crippen MR) is 64.3 cm³/mol. The van der Waals surface area contributed by atoms with Crippen LogP contribution in [0.3, 0.4) is 0 Å². The molecule has 1 aromatic rings. The van der Waals surface area contributed by atoms with E-state index in [1.54, 1.807) is 6.08 Å². The third-order valence-corrected chi connectivity index (χ3v) is 2.80. The van der Waals surface area contributed by atoms with Crippen LogP contribution < -0.4 is 0 Å². The number of carbonyl (C=O) groups is 1. The van der Waals surface area contributed by atoms with E-state index in [4.69, 9.17) is 9.47 Å². The lowest BCUT2D eigenvalue weighted by atomic mass is 10.1. The first-order chi connectivity index (χ1) is 8.29. The van der Waals surface area contributed by atoms with Crippen molar-refractivity contribution in [3.63, 3.8) is 0 Å². The SMILES string of the molecule is C=C[C@H](OCc1ccccc1)[C@@H]1CCC(=O)O1. The Morgan fingerprint density at radius 3 is 2.82 bits per heavy atom. The maximum atomic E-state index is 11.0. The van der Waals surface area contributed by atoms with Crippen LogP contribution in [0, 0.1) is 0 Å². The Morgan fingerprint density at radius 2 is 2.24 bits per heavy atom. The van der Waals surface area contributed by atoms with E-state index >= 15 is 0 Å². The molecule has 0 unspecified atom stereocenters. The van der Waals surface area contributed by atoms with E-state index in [1.165, 1.54) is 0 Å². The van der Waals surface area contributed by atoms with Crippen LogP contribution in [0.5, 0.6) is 0 Å². The highest BCUT2D eigenvalue weighted by atomic mass is 16.6. The van der Waals surface area contributed by atoms with Crippen LogP contribution in [-0.4, -0.2) is 18.2 Å². The van der Waals surface area contributed by atoms with E-state index in [1.807, 2.05) is 30.3 Å². The summed E-state index contributed by atoms with van der Waals surface area (Å²) in [7, 11) is 0. The minimum Gasteiger partial charge on any atom is -0.459 e. The Hall–Kier alpha value is -1.61. The van der Waals surface area contributed by atoms with Gasteiger partial charge < -0.3 is 9.47 Å². The maximum absolute atomic E-state index is 11.0. The summed E-state index contributed by atoms with van der Waals surface area (Å²) in [6.07, 6.45) is 2.49. The summed E-state index contributed by atoms with van der Waals surface area (Å²) >= 11 is 0. The quantitative estimate of drug-likeness (QED) is 0.578. The molecule has 90 valence electrons. The third kappa shape index (κ3) is 3.17. The second-order valence-electron chi connectivity index (χ2n) is 4.06. The van der Waals surface area contributed by atoms with Gasteiger partial charge in [0.2, 0.25) is 0 Å². The van der Waals surface area contributed by atoms with Crippen LogP contribution in [-0.2, 0) is 20.9 Å². The zero-order valence-corrected chi connectivity index (χ0v) is 9.67. The molecule has 3 nitrogen and oxygen atoms in total. The Morgan fingerprint density at radius 1 is 1.47 bits per heavy atom. The molecular formula is C14H16O3. The first-order valence-electron chi connectivity index (χ1n) is 5.77. The highest BCUT2D eigenvalue weighted by Crippen LogP contribution is 2.20. The fourth-order valence-corrected chi connectivity index (χ4v) is 1.87. The molecule has 0 amide bonds. The van der Waals surface area contributed by atoms with E-state index < -0.39 is 0 Å². The van der Waals surface area contributed by atoms with Gasteiger partial charge in [-0.25, -0.2) is 0 Å². The van der Waals surface area contributed by atoms with Crippen molar-refractivity contribution in [2.75, 3.05) is 0 Å². The number of benzene rings is 1. The van der Waals surface area contributed by atoms with Gasteiger partial charge in [0.25, 0.3) is 0 Å². The minimum absolute atomic E-state index is 0.148. The van der Waals surface area contributed by atoms with Gasteiger partial charge in [0.1, 0.15) is 12.2 Å². The lowest BCUT2D eigenvalue weighted by Crippen LogP contribution is -2.26. The molecule has 0 radical (unpaired) electrons. The second-order valence-corrected chi connectivity index (χ2v) is 4.06. The molecule has 3 heteroatoms. The van der Waals surface area contributed by atoms with Gasteiger partial charge in [0.05, 0.1) is 6.61 Å². The van der Waals surface area contributed by atoms with Crippen molar-refractivity contribution in [1.29, 1.82) is 0 Å². The average molecular weight is 232 g/mol. The van der Waals surface area contributed by atoms with Crippen molar-refractivity contribution in [2.24, 2.45) is 0 Å². The molecule has 1 aliphatic rings. The number of carbonyl (C=O) groups excluding carboxylic acids is 1. The van der Waals surface area contributed by atoms with Crippen LogP contribution in [0.2, 0.25) is 0 Å². The maximum Gasteiger partial charge on any atom is 0.306 e. The molecule has 1 saturated heterocycles. The van der Waals surface area contributed by atoms with E-state index in [9.17, 15) is 4.79 Å². The highest BCUT2D eigenvalue weighted by molar-refractivity contribution is 5.71. The van der Waals surface area contributed by atoms with Gasteiger partial charge in [-0.1, -0.05) is 36.4 Å². The summed E-state index contributed by atoms with van der Waals surface area (Å²) in [5.74, 6) is -0.148. The van der Waals surface area contributed by atoms with Crippen molar-refractivity contribution in [1.82, 2.24) is 0 Å². The molecule has 17 heavy (non-hydrogen) atoms. The summed E-state index contributed by atoms with van der Waals surface area (Å²) in [5, 5.41) is 0. The third-order valence-electron chi connectivity index (χ3n) is 2.80. The standard InChI is InChI=1S/C14H16O3/c1-2-12(13-8-9-14(15)17-13)16-10-11-6-4-3-5-7-11/h2-7,12-13H,1,8-10H2/t12-,13-/m0/s1. The van der Waals surface area contributed by atoms with Crippen LogP contribution in [0.1, 0.15) is 18.4 Å². The summed E-state index contributed by atoms with van der Waals surface area (Å²) in [4.78, 5) is 11.0. The van der Waals surface area contributed by atoms with Crippen molar-refractivity contribution < 1.29 is 14.3 Å². The molecule has 0 saturated carbocycles. The number of esters is 1. The molecule has 1 aromatic carbocycles. The molecule has 1 aliphatic heterocycles. The van der Waals surface area contributed by atoms with E-state index in [0.717, 1.165) is 5.56 Å². The monoisotopic (exact) mass is 232 g/mol. The van der Waals surface area contributed by atoms with E-state index in [-0.39, 0.29) is 18.2 Å². The number of ether oxygens (including phenoxy) is 2.